The van der Waals surface area contributed by atoms with Crippen molar-refractivity contribution in [1.29, 1.82) is 0 Å². The minimum absolute atomic E-state index is 0.0146. The van der Waals surface area contributed by atoms with Crippen LogP contribution in [0.3, 0.4) is 0 Å². The lowest BCUT2D eigenvalue weighted by molar-refractivity contribution is -0.384. The molecule has 1 N–H and O–H groups in total. The molecule has 2 aromatic carbocycles. The highest BCUT2D eigenvalue weighted by atomic mass is 16.6. The van der Waals surface area contributed by atoms with E-state index in [4.69, 9.17) is 4.42 Å². The first-order valence-corrected chi connectivity index (χ1v) is 5.61. The van der Waals surface area contributed by atoms with Crippen LogP contribution >= 0.6 is 0 Å². The molecule has 0 fully saturated rings. The number of benzene rings is 2. The quantitative estimate of drug-likeness (QED) is 0.559. The Morgan fingerprint density at radius 2 is 1.95 bits per heavy atom. The van der Waals surface area contributed by atoms with E-state index in [0.717, 1.165) is 5.39 Å². The zero-order valence-electron chi connectivity index (χ0n) is 9.74. The van der Waals surface area contributed by atoms with E-state index in [1.807, 2.05) is 0 Å². The van der Waals surface area contributed by atoms with Gasteiger partial charge in [-0.2, -0.15) is 0 Å². The van der Waals surface area contributed by atoms with E-state index in [2.05, 4.69) is 0 Å². The minimum Gasteiger partial charge on any atom is -0.508 e. The summed E-state index contributed by atoms with van der Waals surface area (Å²) in [6.45, 7) is 0. The van der Waals surface area contributed by atoms with Gasteiger partial charge in [-0.05, 0) is 24.3 Å². The van der Waals surface area contributed by atoms with Crippen LogP contribution in [0.4, 0.5) is 5.69 Å². The van der Waals surface area contributed by atoms with Gasteiger partial charge in [0.2, 0.25) is 0 Å². The predicted molar refractivity (Wildman–Crippen MR) is 70.0 cm³/mol. The molecule has 0 spiro atoms. The molecule has 94 valence electrons. The second kappa shape index (κ2) is 4.13. The van der Waals surface area contributed by atoms with Crippen molar-refractivity contribution in [3.63, 3.8) is 0 Å². The standard InChI is InChI=1S/C14H9NO4/c16-12-4-5-13-10(7-12)8-14(19-13)9-2-1-3-11(6-9)15(17)18/h1-8,16H. The fourth-order valence-electron chi connectivity index (χ4n) is 1.95. The Labute approximate surface area is 107 Å². The number of nitro benzene ring substituents is 1. The highest BCUT2D eigenvalue weighted by Crippen LogP contribution is 2.31. The zero-order chi connectivity index (χ0) is 13.4. The molecular formula is C14H9NO4. The van der Waals surface area contributed by atoms with Gasteiger partial charge in [0, 0.05) is 23.1 Å². The number of phenolic OH excluding ortho intramolecular Hbond substituents is 1. The zero-order valence-corrected chi connectivity index (χ0v) is 9.74. The van der Waals surface area contributed by atoms with E-state index < -0.39 is 4.92 Å². The maximum atomic E-state index is 10.7. The van der Waals surface area contributed by atoms with Gasteiger partial charge >= 0.3 is 0 Å². The number of phenols is 1. The number of fused-ring (bicyclic) bond motifs is 1. The van der Waals surface area contributed by atoms with Gasteiger partial charge in [0.05, 0.1) is 4.92 Å². The summed E-state index contributed by atoms with van der Waals surface area (Å²) in [5, 5.41) is 20.9. The van der Waals surface area contributed by atoms with E-state index in [-0.39, 0.29) is 11.4 Å². The summed E-state index contributed by atoms with van der Waals surface area (Å²) in [7, 11) is 0. The lowest BCUT2D eigenvalue weighted by atomic mass is 10.1. The summed E-state index contributed by atoms with van der Waals surface area (Å²) in [5.74, 6) is 0.684. The van der Waals surface area contributed by atoms with Crippen molar-refractivity contribution >= 4 is 16.7 Å². The molecule has 0 bridgehead atoms. The van der Waals surface area contributed by atoms with Gasteiger partial charge in [0.15, 0.2) is 0 Å². The number of furan rings is 1. The molecule has 5 nitrogen and oxygen atoms in total. The van der Waals surface area contributed by atoms with Crippen molar-refractivity contribution < 1.29 is 14.4 Å². The highest BCUT2D eigenvalue weighted by molar-refractivity contribution is 5.84. The third kappa shape index (κ3) is 2.01. The second-order valence-electron chi connectivity index (χ2n) is 4.14. The van der Waals surface area contributed by atoms with Crippen LogP contribution in [0.5, 0.6) is 5.75 Å². The maximum absolute atomic E-state index is 10.7. The molecule has 0 aliphatic rings. The maximum Gasteiger partial charge on any atom is 0.270 e. The number of nitrogens with zero attached hydrogens (tertiary/aromatic N) is 1. The lowest BCUT2D eigenvalue weighted by Gasteiger charge is -1.96. The molecule has 19 heavy (non-hydrogen) atoms. The van der Waals surface area contributed by atoms with E-state index in [0.29, 0.717) is 16.9 Å². The molecule has 0 amide bonds. The number of rotatable bonds is 2. The van der Waals surface area contributed by atoms with Gasteiger partial charge in [-0.1, -0.05) is 12.1 Å². The monoisotopic (exact) mass is 255 g/mol. The number of hydrogen-bond acceptors (Lipinski definition) is 4. The average molecular weight is 255 g/mol. The molecule has 1 aromatic heterocycles. The van der Waals surface area contributed by atoms with Crippen LogP contribution in [0.25, 0.3) is 22.3 Å². The lowest BCUT2D eigenvalue weighted by Crippen LogP contribution is -1.87. The molecule has 1 heterocycles. The summed E-state index contributed by atoms with van der Waals surface area (Å²) in [6, 6.07) is 12.8. The van der Waals surface area contributed by atoms with Crippen molar-refractivity contribution in [2.45, 2.75) is 0 Å². The summed E-state index contributed by atoms with van der Waals surface area (Å²) in [4.78, 5) is 10.3. The SMILES string of the molecule is O=[N+]([O-])c1cccc(-c2cc3cc(O)ccc3o2)c1. The number of hydrogen-bond donors (Lipinski definition) is 1. The van der Waals surface area contributed by atoms with Crippen LogP contribution in [0.2, 0.25) is 0 Å². The first kappa shape index (κ1) is 11.3. The summed E-state index contributed by atoms with van der Waals surface area (Å²) in [5.41, 5.74) is 1.27. The van der Waals surface area contributed by atoms with E-state index in [9.17, 15) is 15.2 Å². The van der Waals surface area contributed by atoms with E-state index in [1.54, 1.807) is 30.3 Å². The third-order valence-electron chi connectivity index (χ3n) is 2.84. The van der Waals surface area contributed by atoms with Gasteiger partial charge in [0.1, 0.15) is 17.1 Å². The van der Waals surface area contributed by atoms with Crippen LogP contribution in [-0.4, -0.2) is 10.0 Å². The third-order valence-corrected chi connectivity index (χ3v) is 2.84. The molecule has 3 rings (SSSR count). The molecule has 0 saturated heterocycles. The Balaban J connectivity index is 2.13. The normalized spacial score (nSPS) is 10.7. The van der Waals surface area contributed by atoms with Gasteiger partial charge in [0.25, 0.3) is 5.69 Å². The summed E-state index contributed by atoms with van der Waals surface area (Å²) >= 11 is 0. The largest absolute Gasteiger partial charge is 0.508 e. The predicted octanol–water partition coefficient (Wildman–Crippen LogP) is 3.71. The Morgan fingerprint density at radius 1 is 1.11 bits per heavy atom. The van der Waals surface area contributed by atoms with Gasteiger partial charge in [-0.15, -0.1) is 0 Å². The smallest absolute Gasteiger partial charge is 0.270 e. The van der Waals surface area contributed by atoms with Crippen molar-refractivity contribution in [1.82, 2.24) is 0 Å². The molecule has 0 aliphatic heterocycles. The molecule has 0 atom stereocenters. The fourth-order valence-corrected chi connectivity index (χ4v) is 1.95. The average Bonchev–Trinajstić information content (AvgIpc) is 2.81. The second-order valence-corrected chi connectivity index (χ2v) is 4.14. The fraction of sp³-hybridized carbons (Fsp3) is 0. The Bertz CT molecular complexity index is 776. The minimum atomic E-state index is -0.446. The topological polar surface area (TPSA) is 76.5 Å². The first-order chi connectivity index (χ1) is 9.13. The number of non-ortho nitro benzene ring substituents is 1. The molecule has 0 unspecified atom stereocenters. The Hall–Kier alpha value is -2.82. The van der Waals surface area contributed by atoms with Crippen molar-refractivity contribution in [2.24, 2.45) is 0 Å². The van der Waals surface area contributed by atoms with Gasteiger partial charge in [-0.3, -0.25) is 10.1 Å². The Kier molecular flexibility index (Phi) is 2.45. The molecule has 0 aliphatic carbocycles. The van der Waals surface area contributed by atoms with Crippen LogP contribution in [0.15, 0.2) is 52.9 Å². The number of nitro groups is 1. The first-order valence-electron chi connectivity index (χ1n) is 5.61. The highest BCUT2D eigenvalue weighted by Gasteiger charge is 2.11. The summed E-state index contributed by atoms with van der Waals surface area (Å²) < 4.78 is 5.61. The van der Waals surface area contributed by atoms with Crippen LogP contribution < -0.4 is 0 Å². The van der Waals surface area contributed by atoms with Crippen LogP contribution in [-0.2, 0) is 0 Å². The Morgan fingerprint density at radius 3 is 2.74 bits per heavy atom. The van der Waals surface area contributed by atoms with Crippen molar-refractivity contribution in [3.8, 4) is 17.1 Å². The number of aromatic hydroxyl groups is 1. The van der Waals surface area contributed by atoms with Gasteiger partial charge < -0.3 is 9.52 Å². The molecule has 0 saturated carbocycles. The van der Waals surface area contributed by atoms with Crippen molar-refractivity contribution in [3.05, 3.63) is 58.6 Å². The van der Waals surface area contributed by atoms with Crippen molar-refractivity contribution in [2.75, 3.05) is 0 Å². The summed E-state index contributed by atoms with van der Waals surface area (Å²) in [6.07, 6.45) is 0. The van der Waals surface area contributed by atoms with Gasteiger partial charge in [-0.25, -0.2) is 0 Å². The van der Waals surface area contributed by atoms with Crippen LogP contribution in [0, 0.1) is 10.1 Å². The molecular weight excluding hydrogens is 246 g/mol. The molecule has 5 heteroatoms. The van der Waals surface area contributed by atoms with Crippen LogP contribution in [0.1, 0.15) is 0 Å². The molecule has 3 aromatic rings. The molecule has 0 radical (unpaired) electrons. The van der Waals surface area contributed by atoms with E-state index >= 15 is 0 Å². The van der Waals surface area contributed by atoms with E-state index in [1.165, 1.54) is 18.2 Å².